The fraction of sp³-hybridized carbons (Fsp3) is 0.333. The number of hydrogen-bond donors (Lipinski definition) is 2. The molecule has 0 aliphatic heterocycles. The van der Waals surface area contributed by atoms with E-state index < -0.39 is 0 Å². The van der Waals surface area contributed by atoms with Gasteiger partial charge in [0.2, 0.25) is 0 Å². The lowest BCUT2D eigenvalue weighted by molar-refractivity contribution is 0.0940. The van der Waals surface area contributed by atoms with Gasteiger partial charge in [0.25, 0.3) is 11.8 Å². The fourth-order valence-electron chi connectivity index (χ4n) is 2.73. The van der Waals surface area contributed by atoms with Crippen LogP contribution in [0.1, 0.15) is 39.1 Å². The third-order valence-corrected chi connectivity index (χ3v) is 4.47. The maximum Gasteiger partial charge on any atom is 0.251 e. The number of carbonyl (C=O) groups is 2. The van der Waals surface area contributed by atoms with Crippen molar-refractivity contribution in [1.29, 1.82) is 0 Å². The highest BCUT2D eigenvalue weighted by Crippen LogP contribution is 2.27. The standard InChI is InChI=1S/C21H24N2O4/c1-26-18-10-3-14(13-19(18)27-2)11-12-22-20(24)15-4-6-16(7-5-15)21(25)23-17-8-9-17/h3-7,10,13,17H,8-9,11-12H2,1-2H3,(H,22,24)(H,23,25). The van der Waals surface area contributed by atoms with Crippen LogP contribution in [-0.4, -0.2) is 38.6 Å². The van der Waals surface area contributed by atoms with Crippen molar-refractivity contribution in [3.8, 4) is 11.5 Å². The fourth-order valence-corrected chi connectivity index (χ4v) is 2.73. The largest absolute Gasteiger partial charge is 0.493 e. The van der Waals surface area contributed by atoms with E-state index in [2.05, 4.69) is 10.6 Å². The zero-order chi connectivity index (χ0) is 19.2. The van der Waals surface area contributed by atoms with Crippen molar-refractivity contribution in [2.24, 2.45) is 0 Å². The monoisotopic (exact) mass is 368 g/mol. The van der Waals surface area contributed by atoms with Crippen molar-refractivity contribution in [3.05, 3.63) is 59.2 Å². The maximum atomic E-state index is 12.3. The molecule has 0 radical (unpaired) electrons. The minimum Gasteiger partial charge on any atom is -0.493 e. The molecule has 3 rings (SSSR count). The molecule has 2 aromatic carbocycles. The minimum absolute atomic E-state index is 0.0853. The molecular weight excluding hydrogens is 344 g/mol. The molecule has 0 bridgehead atoms. The Kier molecular flexibility index (Phi) is 5.96. The van der Waals surface area contributed by atoms with Crippen molar-refractivity contribution in [2.45, 2.75) is 25.3 Å². The first kappa shape index (κ1) is 18.8. The minimum atomic E-state index is -0.162. The van der Waals surface area contributed by atoms with E-state index in [-0.39, 0.29) is 11.8 Å². The molecule has 1 aliphatic carbocycles. The lowest BCUT2D eigenvalue weighted by Gasteiger charge is -2.10. The highest BCUT2D eigenvalue weighted by atomic mass is 16.5. The molecular formula is C21H24N2O4. The average molecular weight is 368 g/mol. The SMILES string of the molecule is COc1ccc(CCNC(=O)c2ccc(C(=O)NC3CC3)cc2)cc1OC. The number of amides is 2. The molecule has 2 N–H and O–H groups in total. The summed E-state index contributed by atoms with van der Waals surface area (Å²) in [6.07, 6.45) is 2.77. The Morgan fingerprint density at radius 2 is 1.56 bits per heavy atom. The predicted molar refractivity (Wildman–Crippen MR) is 103 cm³/mol. The highest BCUT2D eigenvalue weighted by molar-refractivity contribution is 5.98. The van der Waals surface area contributed by atoms with Crippen LogP contribution in [0, 0.1) is 0 Å². The first-order chi connectivity index (χ1) is 13.1. The Labute approximate surface area is 158 Å². The van der Waals surface area contributed by atoms with Crippen LogP contribution >= 0.6 is 0 Å². The van der Waals surface area contributed by atoms with E-state index >= 15 is 0 Å². The Hall–Kier alpha value is -3.02. The molecule has 0 unspecified atom stereocenters. The van der Waals surface area contributed by atoms with Gasteiger partial charge in [0.15, 0.2) is 11.5 Å². The zero-order valence-corrected chi connectivity index (χ0v) is 15.6. The van der Waals surface area contributed by atoms with E-state index in [0.717, 1.165) is 18.4 Å². The van der Waals surface area contributed by atoms with Crippen LogP contribution in [-0.2, 0) is 6.42 Å². The molecule has 6 heteroatoms. The van der Waals surface area contributed by atoms with Crippen LogP contribution in [0.15, 0.2) is 42.5 Å². The molecule has 27 heavy (non-hydrogen) atoms. The molecule has 0 heterocycles. The number of methoxy groups -OCH3 is 2. The molecule has 2 aromatic rings. The Morgan fingerprint density at radius 1 is 0.926 bits per heavy atom. The van der Waals surface area contributed by atoms with Crippen LogP contribution in [0.4, 0.5) is 0 Å². The summed E-state index contributed by atoms with van der Waals surface area (Å²) >= 11 is 0. The van der Waals surface area contributed by atoms with Crippen molar-refractivity contribution in [3.63, 3.8) is 0 Å². The van der Waals surface area contributed by atoms with Gasteiger partial charge in [-0.15, -0.1) is 0 Å². The van der Waals surface area contributed by atoms with E-state index in [4.69, 9.17) is 9.47 Å². The van der Waals surface area contributed by atoms with E-state index in [9.17, 15) is 9.59 Å². The van der Waals surface area contributed by atoms with Gasteiger partial charge in [-0.3, -0.25) is 9.59 Å². The Morgan fingerprint density at radius 3 is 2.15 bits per heavy atom. The second-order valence-corrected chi connectivity index (χ2v) is 6.52. The Bertz CT molecular complexity index is 813. The molecule has 1 aliphatic rings. The summed E-state index contributed by atoms with van der Waals surface area (Å²) in [6, 6.07) is 12.7. The first-order valence-corrected chi connectivity index (χ1v) is 9.00. The van der Waals surface area contributed by atoms with Crippen LogP contribution in [0.25, 0.3) is 0 Å². The summed E-state index contributed by atoms with van der Waals surface area (Å²) in [5, 5.41) is 5.82. The lowest BCUT2D eigenvalue weighted by atomic mass is 10.1. The quantitative estimate of drug-likeness (QED) is 0.751. The van der Waals surface area contributed by atoms with Crippen LogP contribution in [0.3, 0.4) is 0 Å². The number of hydrogen-bond acceptors (Lipinski definition) is 4. The molecule has 0 spiro atoms. The van der Waals surface area contributed by atoms with Crippen LogP contribution in [0.2, 0.25) is 0 Å². The predicted octanol–water partition coefficient (Wildman–Crippen LogP) is 2.57. The van der Waals surface area contributed by atoms with Gasteiger partial charge in [0, 0.05) is 23.7 Å². The van der Waals surface area contributed by atoms with Crippen molar-refractivity contribution >= 4 is 11.8 Å². The molecule has 1 fully saturated rings. The summed E-state index contributed by atoms with van der Waals surface area (Å²) in [6.45, 7) is 0.498. The third kappa shape index (κ3) is 5.00. The topological polar surface area (TPSA) is 76.7 Å². The smallest absolute Gasteiger partial charge is 0.251 e. The van der Waals surface area contributed by atoms with Gasteiger partial charge in [-0.2, -0.15) is 0 Å². The second kappa shape index (κ2) is 8.58. The summed E-state index contributed by atoms with van der Waals surface area (Å²) in [7, 11) is 3.19. The number of rotatable bonds is 8. The summed E-state index contributed by atoms with van der Waals surface area (Å²) in [4.78, 5) is 24.2. The third-order valence-electron chi connectivity index (χ3n) is 4.47. The summed E-state index contributed by atoms with van der Waals surface area (Å²) in [5.74, 6) is 1.10. The van der Waals surface area contributed by atoms with Gasteiger partial charge in [0.05, 0.1) is 14.2 Å². The second-order valence-electron chi connectivity index (χ2n) is 6.52. The van der Waals surface area contributed by atoms with E-state index in [0.29, 0.717) is 41.6 Å². The molecule has 0 saturated heterocycles. The van der Waals surface area contributed by atoms with Crippen LogP contribution < -0.4 is 20.1 Å². The first-order valence-electron chi connectivity index (χ1n) is 9.00. The number of nitrogens with one attached hydrogen (secondary N) is 2. The van der Waals surface area contributed by atoms with Crippen molar-refractivity contribution in [2.75, 3.05) is 20.8 Å². The maximum absolute atomic E-state index is 12.3. The van der Waals surface area contributed by atoms with E-state index in [1.165, 1.54) is 0 Å². The molecule has 142 valence electrons. The van der Waals surface area contributed by atoms with E-state index in [1.54, 1.807) is 38.5 Å². The van der Waals surface area contributed by atoms with Gasteiger partial charge in [-0.05, 0) is 61.2 Å². The molecule has 0 aromatic heterocycles. The van der Waals surface area contributed by atoms with Crippen molar-refractivity contribution in [1.82, 2.24) is 10.6 Å². The van der Waals surface area contributed by atoms with Crippen molar-refractivity contribution < 1.29 is 19.1 Å². The summed E-state index contributed by atoms with van der Waals surface area (Å²) < 4.78 is 10.5. The molecule has 0 atom stereocenters. The van der Waals surface area contributed by atoms with Gasteiger partial charge in [-0.1, -0.05) is 6.07 Å². The number of benzene rings is 2. The van der Waals surface area contributed by atoms with E-state index in [1.807, 2.05) is 18.2 Å². The average Bonchev–Trinajstić information content (AvgIpc) is 3.51. The Balaban J connectivity index is 1.51. The van der Waals surface area contributed by atoms with Gasteiger partial charge < -0.3 is 20.1 Å². The highest BCUT2D eigenvalue weighted by Gasteiger charge is 2.23. The molecule has 6 nitrogen and oxygen atoms in total. The summed E-state index contributed by atoms with van der Waals surface area (Å²) in [5.41, 5.74) is 2.15. The van der Waals surface area contributed by atoms with Crippen LogP contribution in [0.5, 0.6) is 11.5 Å². The molecule has 2 amide bonds. The van der Waals surface area contributed by atoms with Gasteiger partial charge in [0.1, 0.15) is 0 Å². The van der Waals surface area contributed by atoms with Gasteiger partial charge in [-0.25, -0.2) is 0 Å². The molecule has 1 saturated carbocycles. The number of ether oxygens (including phenoxy) is 2. The number of carbonyl (C=O) groups excluding carboxylic acids is 2. The zero-order valence-electron chi connectivity index (χ0n) is 15.6. The lowest BCUT2D eigenvalue weighted by Crippen LogP contribution is -2.27. The van der Waals surface area contributed by atoms with Gasteiger partial charge >= 0.3 is 0 Å². The normalized spacial score (nSPS) is 13.0.